The molecule has 290 valence electrons. The lowest BCUT2D eigenvalue weighted by Crippen LogP contribution is -2.11. The first-order valence-electron chi connectivity index (χ1n) is 20.0. The molecule has 0 N–H and O–H groups in total. The second-order valence-corrected chi connectivity index (χ2v) is 15.9. The Morgan fingerprint density at radius 3 is 1.40 bits per heavy atom. The second kappa shape index (κ2) is 13.9. The SMILES string of the molecule is Cc1ccc(-c2ccc3c4ccccc4n(-c4cc(C(F)(F)F)cc(-n5c6ccccc6c6ccc(-c7ccc(C)cc7C)cc65)c4-c4cccc(C#N)c4)c3c2)c(C)c1. The van der Waals surface area contributed by atoms with Gasteiger partial charge in [0.1, 0.15) is 0 Å². The molecule has 0 spiro atoms. The largest absolute Gasteiger partial charge is 0.416 e. The van der Waals surface area contributed by atoms with E-state index in [9.17, 15) is 5.26 Å². The van der Waals surface area contributed by atoms with Crippen LogP contribution in [0.15, 0.2) is 158 Å². The van der Waals surface area contributed by atoms with Gasteiger partial charge in [0, 0.05) is 27.1 Å². The number of nitriles is 1. The van der Waals surface area contributed by atoms with E-state index in [0.717, 1.165) is 88.1 Å². The lowest BCUT2D eigenvalue weighted by molar-refractivity contribution is -0.137. The van der Waals surface area contributed by atoms with Gasteiger partial charge >= 0.3 is 6.18 Å². The molecule has 2 heterocycles. The molecule has 0 atom stereocenters. The first-order chi connectivity index (χ1) is 29.0. The second-order valence-electron chi connectivity index (χ2n) is 15.9. The van der Waals surface area contributed by atoms with Crippen LogP contribution in [0.4, 0.5) is 13.2 Å². The minimum absolute atomic E-state index is 0.357. The smallest absolute Gasteiger partial charge is 0.309 e. The summed E-state index contributed by atoms with van der Waals surface area (Å²) in [5.74, 6) is 0. The number of rotatable bonds is 5. The fourth-order valence-electron chi connectivity index (χ4n) is 9.24. The van der Waals surface area contributed by atoms with Gasteiger partial charge in [0.2, 0.25) is 0 Å². The Hall–Kier alpha value is -7.36. The normalized spacial score (nSPS) is 11.9. The predicted octanol–water partition coefficient (Wildman–Crippen LogP) is 15.0. The number of fused-ring (bicyclic) bond motifs is 6. The summed E-state index contributed by atoms with van der Waals surface area (Å²) < 4.78 is 50.8. The minimum atomic E-state index is -4.69. The van der Waals surface area contributed by atoms with E-state index in [1.54, 1.807) is 18.2 Å². The molecule has 10 aromatic rings. The molecular weight excluding hydrogens is 748 g/mol. The van der Waals surface area contributed by atoms with Crippen molar-refractivity contribution in [2.24, 2.45) is 0 Å². The molecule has 0 amide bonds. The molecule has 0 aliphatic carbocycles. The standard InChI is InChI=1S/C54H38F3N3/c1-32-16-20-41(34(3)24-32)37-18-22-45-43-12-5-7-14-47(43)59(49(45)27-37)51-29-40(54(55,56)57)30-52(53(51)39-11-9-10-36(26-39)31-58)60-48-15-8-6-13-44(48)46-23-19-38(28-50(46)60)42-21-17-33(2)25-35(42)4/h5-30H,1-4H3. The summed E-state index contributed by atoms with van der Waals surface area (Å²) in [6, 6.07) is 53.0. The van der Waals surface area contributed by atoms with Gasteiger partial charge in [-0.05, 0) is 115 Å². The van der Waals surface area contributed by atoms with E-state index in [-0.39, 0.29) is 0 Å². The van der Waals surface area contributed by atoms with Crippen molar-refractivity contribution in [1.29, 1.82) is 5.26 Å². The predicted molar refractivity (Wildman–Crippen MR) is 240 cm³/mol. The van der Waals surface area contributed by atoms with Crippen LogP contribution in [0, 0.1) is 39.0 Å². The van der Waals surface area contributed by atoms with Gasteiger partial charge in [-0.15, -0.1) is 0 Å². The van der Waals surface area contributed by atoms with Gasteiger partial charge in [0.25, 0.3) is 0 Å². The third kappa shape index (κ3) is 5.96. The highest BCUT2D eigenvalue weighted by molar-refractivity contribution is 6.13. The number of hydrogen-bond donors (Lipinski definition) is 0. The Labute approximate surface area is 345 Å². The molecule has 0 fully saturated rings. The molecule has 2 aromatic heterocycles. The first kappa shape index (κ1) is 36.9. The van der Waals surface area contributed by atoms with Gasteiger partial charge < -0.3 is 9.13 Å². The summed E-state index contributed by atoms with van der Waals surface area (Å²) in [6.07, 6.45) is -4.69. The van der Waals surface area contributed by atoms with Crippen molar-refractivity contribution in [3.63, 3.8) is 0 Å². The Morgan fingerprint density at radius 1 is 0.450 bits per heavy atom. The zero-order valence-electron chi connectivity index (χ0n) is 33.5. The van der Waals surface area contributed by atoms with Crippen LogP contribution in [-0.4, -0.2) is 9.13 Å². The molecule has 8 aromatic carbocycles. The molecular formula is C54H38F3N3. The molecule has 3 nitrogen and oxygen atoms in total. The number of alkyl halides is 3. The number of benzene rings is 8. The summed E-state index contributed by atoms with van der Waals surface area (Å²) in [5, 5.41) is 13.9. The highest BCUT2D eigenvalue weighted by atomic mass is 19.4. The van der Waals surface area contributed by atoms with Gasteiger partial charge in [-0.25, -0.2) is 0 Å². The van der Waals surface area contributed by atoms with Crippen LogP contribution >= 0.6 is 0 Å². The Bertz CT molecular complexity index is 3240. The number of para-hydroxylation sites is 2. The van der Waals surface area contributed by atoms with Gasteiger partial charge in [-0.1, -0.05) is 120 Å². The van der Waals surface area contributed by atoms with Crippen molar-refractivity contribution in [1.82, 2.24) is 9.13 Å². The van der Waals surface area contributed by atoms with Crippen LogP contribution < -0.4 is 0 Å². The number of hydrogen-bond acceptors (Lipinski definition) is 1. The Kier molecular flexibility index (Phi) is 8.55. The first-order valence-corrected chi connectivity index (χ1v) is 20.0. The molecule has 0 saturated heterocycles. The van der Waals surface area contributed by atoms with E-state index < -0.39 is 11.7 Å². The van der Waals surface area contributed by atoms with Gasteiger partial charge in [0.05, 0.1) is 50.6 Å². The molecule has 0 aliphatic heterocycles. The van der Waals surface area contributed by atoms with Crippen LogP contribution in [0.25, 0.3) is 88.4 Å². The molecule has 0 unspecified atom stereocenters. The Morgan fingerprint density at radius 2 is 0.933 bits per heavy atom. The lowest BCUT2D eigenvalue weighted by atomic mass is 9.95. The molecule has 0 bridgehead atoms. The van der Waals surface area contributed by atoms with E-state index in [0.29, 0.717) is 28.1 Å². The number of aromatic nitrogens is 2. The fourth-order valence-corrected chi connectivity index (χ4v) is 9.24. The fraction of sp³-hybridized carbons (Fsp3) is 0.0926. The van der Waals surface area contributed by atoms with E-state index in [4.69, 9.17) is 0 Å². The quantitative estimate of drug-likeness (QED) is 0.171. The third-order valence-corrected chi connectivity index (χ3v) is 11.9. The van der Waals surface area contributed by atoms with Crippen LogP contribution in [0.3, 0.4) is 0 Å². The molecule has 6 heteroatoms. The van der Waals surface area contributed by atoms with E-state index >= 15 is 13.2 Å². The van der Waals surface area contributed by atoms with E-state index in [1.807, 2.05) is 63.7 Å². The van der Waals surface area contributed by atoms with Gasteiger partial charge in [-0.2, -0.15) is 18.4 Å². The molecule has 60 heavy (non-hydrogen) atoms. The lowest BCUT2D eigenvalue weighted by Gasteiger charge is -2.23. The molecule has 10 rings (SSSR count). The zero-order valence-corrected chi connectivity index (χ0v) is 33.5. The summed E-state index contributed by atoms with van der Waals surface area (Å²) in [7, 11) is 0. The summed E-state index contributed by atoms with van der Waals surface area (Å²) in [6.45, 7) is 8.29. The average Bonchev–Trinajstić information content (AvgIpc) is 3.75. The summed E-state index contributed by atoms with van der Waals surface area (Å²) in [5.41, 5.74) is 13.2. The van der Waals surface area contributed by atoms with Crippen LogP contribution in [0.2, 0.25) is 0 Å². The summed E-state index contributed by atoms with van der Waals surface area (Å²) in [4.78, 5) is 0. The monoisotopic (exact) mass is 785 g/mol. The highest BCUT2D eigenvalue weighted by Gasteiger charge is 2.34. The van der Waals surface area contributed by atoms with Crippen LogP contribution in [0.5, 0.6) is 0 Å². The topological polar surface area (TPSA) is 33.6 Å². The number of halogens is 3. The van der Waals surface area contributed by atoms with Gasteiger partial charge in [0.15, 0.2) is 0 Å². The van der Waals surface area contributed by atoms with Crippen molar-refractivity contribution >= 4 is 43.6 Å². The highest BCUT2D eigenvalue weighted by Crippen LogP contribution is 2.46. The third-order valence-electron chi connectivity index (χ3n) is 11.9. The number of aryl methyl sites for hydroxylation is 4. The van der Waals surface area contributed by atoms with E-state index in [1.165, 1.54) is 12.1 Å². The van der Waals surface area contributed by atoms with Crippen molar-refractivity contribution < 1.29 is 13.2 Å². The maximum Gasteiger partial charge on any atom is 0.416 e. The average molecular weight is 786 g/mol. The van der Waals surface area contributed by atoms with Crippen molar-refractivity contribution in [2.75, 3.05) is 0 Å². The van der Waals surface area contributed by atoms with Crippen LogP contribution in [0.1, 0.15) is 33.4 Å². The maximum atomic E-state index is 15.6. The van der Waals surface area contributed by atoms with Crippen molar-refractivity contribution in [2.45, 2.75) is 33.9 Å². The Balaban J connectivity index is 1.39. The molecule has 0 saturated carbocycles. The zero-order chi connectivity index (χ0) is 41.4. The number of nitrogens with zero attached hydrogens (tertiary/aromatic N) is 3. The maximum absolute atomic E-state index is 15.6. The van der Waals surface area contributed by atoms with E-state index in [2.05, 4.69) is 107 Å². The van der Waals surface area contributed by atoms with Gasteiger partial charge in [-0.3, -0.25) is 0 Å². The minimum Gasteiger partial charge on any atom is -0.309 e. The molecule has 0 radical (unpaired) electrons. The summed E-state index contributed by atoms with van der Waals surface area (Å²) >= 11 is 0. The van der Waals surface area contributed by atoms with Crippen LogP contribution in [-0.2, 0) is 6.18 Å². The van der Waals surface area contributed by atoms with Crippen molar-refractivity contribution in [3.05, 3.63) is 191 Å². The molecule has 0 aliphatic rings. The van der Waals surface area contributed by atoms with Crippen molar-refractivity contribution in [3.8, 4) is 50.8 Å².